The molecular formula is C37H54FN5O5. The maximum absolute atomic E-state index is 14.4. The van der Waals surface area contributed by atoms with E-state index < -0.39 is 52.7 Å². The Morgan fingerprint density at radius 3 is 2.23 bits per heavy atom. The van der Waals surface area contributed by atoms with E-state index in [4.69, 9.17) is 5.73 Å². The van der Waals surface area contributed by atoms with Crippen LogP contribution in [0.5, 0.6) is 0 Å². The normalized spacial score (nSPS) is 25.3. The maximum atomic E-state index is 14.4. The fraction of sp³-hybridized carbons (Fsp3) is 0.703. The third-order valence-electron chi connectivity index (χ3n) is 11.5. The van der Waals surface area contributed by atoms with Crippen molar-refractivity contribution in [2.75, 3.05) is 6.54 Å². The largest absolute Gasteiger partial charge is 0.363 e. The summed E-state index contributed by atoms with van der Waals surface area (Å²) in [5.74, 6) is -2.71. The second-order valence-electron chi connectivity index (χ2n) is 16.6. The SMILES string of the molecule is CC(C)(C)[C@H](NC(=O)NC1(CCCc2ccc(F)cc2)CCCCC1)C(=O)N1C[C@H]2[C@@H]([C@H]1C(=O)NC(CC1CC1)C(=O)C(N)=O)C2(C)C. The van der Waals surface area contributed by atoms with Crippen LogP contribution in [0.25, 0.3) is 0 Å². The highest BCUT2D eigenvalue weighted by atomic mass is 19.1. The Labute approximate surface area is 283 Å². The summed E-state index contributed by atoms with van der Waals surface area (Å²) >= 11 is 0. The summed E-state index contributed by atoms with van der Waals surface area (Å²) in [7, 11) is 0. The van der Waals surface area contributed by atoms with Crippen molar-refractivity contribution < 1.29 is 28.4 Å². The number of nitrogens with zero attached hydrogens (tertiary/aromatic N) is 1. The second kappa shape index (κ2) is 13.8. The van der Waals surface area contributed by atoms with E-state index in [0.29, 0.717) is 13.0 Å². The molecule has 3 saturated carbocycles. The summed E-state index contributed by atoms with van der Waals surface area (Å²) in [5.41, 5.74) is 5.13. The van der Waals surface area contributed by atoms with E-state index in [2.05, 4.69) is 29.8 Å². The van der Waals surface area contributed by atoms with Crippen LogP contribution in [-0.2, 0) is 25.6 Å². The minimum atomic E-state index is -1.08. The number of carbonyl (C=O) groups excluding carboxylic acids is 5. The van der Waals surface area contributed by atoms with Crippen LogP contribution in [0, 0.1) is 34.4 Å². The molecule has 5 rings (SSSR count). The lowest BCUT2D eigenvalue weighted by Crippen LogP contribution is -2.63. The third-order valence-corrected chi connectivity index (χ3v) is 11.5. The Kier molecular flexibility index (Phi) is 10.3. The Hall–Kier alpha value is -3.50. The summed E-state index contributed by atoms with van der Waals surface area (Å²) in [6.07, 6.45) is 9.39. The van der Waals surface area contributed by atoms with E-state index >= 15 is 0 Å². The Balaban J connectivity index is 1.29. The van der Waals surface area contributed by atoms with E-state index in [0.717, 1.165) is 69.8 Å². The standard InChI is InChI=1S/C37H54FN5O5/c1-35(2,3)30(41-34(48)42-37(17-7-6-8-18-37)19-9-10-22-13-15-24(38)16-14-22)33(47)43-21-25-27(36(25,4)5)28(43)32(46)40-26(20-23-11-12-23)29(44)31(39)45/h13-16,23,25-28,30H,6-12,17-21H2,1-5H3,(H2,39,45)(H,40,46)(H2,41,42,48)/t25-,26?,27-,28-,30+/m0/s1. The summed E-state index contributed by atoms with van der Waals surface area (Å²) in [5, 5.41) is 9.08. The molecule has 4 aliphatic rings. The Morgan fingerprint density at radius 1 is 1.00 bits per heavy atom. The van der Waals surface area contributed by atoms with E-state index in [1.807, 2.05) is 20.8 Å². The molecule has 0 spiro atoms. The van der Waals surface area contributed by atoms with Gasteiger partial charge in [0.15, 0.2) is 0 Å². The number of amides is 5. The lowest BCUT2D eigenvalue weighted by atomic mass is 9.78. The van der Waals surface area contributed by atoms with Crippen molar-refractivity contribution in [3.63, 3.8) is 0 Å². The zero-order valence-electron chi connectivity index (χ0n) is 29.2. The maximum Gasteiger partial charge on any atom is 0.315 e. The number of aryl methyl sites for hydroxylation is 1. The zero-order valence-corrected chi connectivity index (χ0v) is 29.2. The van der Waals surface area contributed by atoms with Gasteiger partial charge in [-0.1, -0.05) is 78.9 Å². The number of benzene rings is 1. The lowest BCUT2D eigenvalue weighted by molar-refractivity contribution is -0.145. The van der Waals surface area contributed by atoms with Crippen molar-refractivity contribution in [3.8, 4) is 0 Å². The fourth-order valence-corrected chi connectivity index (χ4v) is 8.33. The average molecular weight is 668 g/mol. The summed E-state index contributed by atoms with van der Waals surface area (Å²) in [4.78, 5) is 68.1. The smallest absolute Gasteiger partial charge is 0.315 e. The molecule has 0 radical (unpaired) electrons. The molecule has 1 saturated heterocycles. The highest BCUT2D eigenvalue weighted by Gasteiger charge is 2.70. The Bertz CT molecular complexity index is 1400. The number of primary amides is 1. The molecule has 1 aliphatic heterocycles. The topological polar surface area (TPSA) is 151 Å². The van der Waals surface area contributed by atoms with Gasteiger partial charge < -0.3 is 26.6 Å². The first kappa shape index (κ1) is 35.8. The van der Waals surface area contributed by atoms with Gasteiger partial charge in [-0.2, -0.15) is 0 Å². The van der Waals surface area contributed by atoms with Crippen LogP contribution in [0.2, 0.25) is 0 Å². The van der Waals surface area contributed by atoms with Crippen molar-refractivity contribution in [1.29, 1.82) is 0 Å². The van der Waals surface area contributed by atoms with Crippen molar-refractivity contribution in [2.24, 2.45) is 34.3 Å². The van der Waals surface area contributed by atoms with Crippen LogP contribution in [0.4, 0.5) is 9.18 Å². The van der Waals surface area contributed by atoms with Gasteiger partial charge in [-0.25, -0.2) is 9.18 Å². The predicted molar refractivity (Wildman–Crippen MR) is 180 cm³/mol. The number of halogens is 1. The molecule has 11 heteroatoms. The number of ketones is 1. The number of urea groups is 1. The van der Waals surface area contributed by atoms with Crippen LogP contribution in [0.15, 0.2) is 24.3 Å². The Morgan fingerprint density at radius 2 is 1.65 bits per heavy atom. The van der Waals surface area contributed by atoms with Crippen LogP contribution >= 0.6 is 0 Å². The number of fused-ring (bicyclic) bond motifs is 1. The van der Waals surface area contributed by atoms with E-state index in [9.17, 15) is 28.4 Å². The number of likely N-dealkylation sites (tertiary alicyclic amines) is 1. The first-order valence-electron chi connectivity index (χ1n) is 17.8. The van der Waals surface area contributed by atoms with Gasteiger partial charge in [0.1, 0.15) is 17.9 Å². The van der Waals surface area contributed by atoms with Gasteiger partial charge in [-0.3, -0.25) is 19.2 Å². The monoisotopic (exact) mass is 667 g/mol. The number of Topliss-reactive ketones (excluding diaryl/α,β-unsaturated/α-hetero) is 1. The molecule has 3 aliphatic carbocycles. The third kappa shape index (κ3) is 8.03. The van der Waals surface area contributed by atoms with E-state index in [1.165, 1.54) is 12.1 Å². The average Bonchev–Trinajstić information content (AvgIpc) is 3.87. The van der Waals surface area contributed by atoms with Crippen molar-refractivity contribution in [1.82, 2.24) is 20.9 Å². The number of piperidine rings is 1. The fourth-order valence-electron chi connectivity index (χ4n) is 8.33. The second-order valence-corrected chi connectivity index (χ2v) is 16.6. The zero-order chi connectivity index (χ0) is 35.0. The number of nitrogens with one attached hydrogen (secondary N) is 3. The molecule has 48 heavy (non-hydrogen) atoms. The van der Waals surface area contributed by atoms with Crippen molar-refractivity contribution in [3.05, 3.63) is 35.6 Å². The number of rotatable bonds is 13. The molecule has 1 aromatic rings. The molecule has 0 aromatic heterocycles. The first-order chi connectivity index (χ1) is 22.5. The van der Waals surface area contributed by atoms with Gasteiger partial charge >= 0.3 is 6.03 Å². The molecule has 0 bridgehead atoms. The minimum absolute atomic E-state index is 0.104. The van der Waals surface area contributed by atoms with Crippen LogP contribution in [0.1, 0.15) is 104 Å². The quantitative estimate of drug-likeness (QED) is 0.230. The van der Waals surface area contributed by atoms with E-state index in [1.54, 1.807) is 17.0 Å². The molecule has 5 atom stereocenters. The lowest BCUT2D eigenvalue weighted by Gasteiger charge is -2.41. The molecule has 10 nitrogen and oxygen atoms in total. The van der Waals surface area contributed by atoms with Gasteiger partial charge in [-0.15, -0.1) is 0 Å². The number of carbonyl (C=O) groups is 5. The molecule has 5 N–H and O–H groups in total. The van der Waals surface area contributed by atoms with Crippen LogP contribution in [-0.4, -0.2) is 64.6 Å². The minimum Gasteiger partial charge on any atom is -0.363 e. The van der Waals surface area contributed by atoms with Gasteiger partial charge in [-0.05, 0) is 84.8 Å². The molecule has 264 valence electrons. The van der Waals surface area contributed by atoms with E-state index in [-0.39, 0.29) is 34.9 Å². The van der Waals surface area contributed by atoms with Crippen LogP contribution < -0.4 is 21.7 Å². The highest BCUT2D eigenvalue weighted by Crippen LogP contribution is 2.65. The summed E-state index contributed by atoms with van der Waals surface area (Å²) in [6.45, 7) is 10.2. The van der Waals surface area contributed by atoms with Gasteiger partial charge in [0.2, 0.25) is 17.6 Å². The van der Waals surface area contributed by atoms with Crippen molar-refractivity contribution >= 4 is 29.5 Å². The van der Waals surface area contributed by atoms with Crippen molar-refractivity contribution in [2.45, 2.75) is 129 Å². The highest BCUT2D eigenvalue weighted by molar-refractivity contribution is 6.37. The molecule has 1 unspecified atom stereocenters. The summed E-state index contributed by atoms with van der Waals surface area (Å²) < 4.78 is 13.4. The molecule has 4 fully saturated rings. The molecule has 1 aromatic carbocycles. The van der Waals surface area contributed by atoms with Crippen LogP contribution in [0.3, 0.4) is 0 Å². The predicted octanol–water partition coefficient (Wildman–Crippen LogP) is 4.39. The van der Waals surface area contributed by atoms with Gasteiger partial charge in [0.25, 0.3) is 5.91 Å². The molecule has 5 amide bonds. The number of hydrogen-bond donors (Lipinski definition) is 4. The number of nitrogens with two attached hydrogens (primary N) is 1. The molecular weight excluding hydrogens is 613 g/mol. The van der Waals surface area contributed by atoms with Gasteiger partial charge in [0, 0.05) is 12.1 Å². The number of hydrogen-bond acceptors (Lipinski definition) is 5. The van der Waals surface area contributed by atoms with Gasteiger partial charge in [0.05, 0.1) is 6.04 Å². The summed E-state index contributed by atoms with van der Waals surface area (Å²) in [6, 6.07) is 3.35. The first-order valence-corrected chi connectivity index (χ1v) is 17.8. The molecule has 1 heterocycles.